The number of nitrogens with zero attached hydrogens (tertiary/aromatic N) is 3. The minimum absolute atomic E-state index is 0.142. The lowest BCUT2D eigenvalue weighted by Gasteiger charge is -2.08. The van der Waals surface area contributed by atoms with Gasteiger partial charge in [0.2, 0.25) is 0 Å². The van der Waals surface area contributed by atoms with E-state index in [0.29, 0.717) is 17.8 Å². The number of aromatic hydroxyl groups is 1. The molecule has 7 heteroatoms. The van der Waals surface area contributed by atoms with Crippen molar-refractivity contribution in [2.24, 2.45) is 7.05 Å². The van der Waals surface area contributed by atoms with Gasteiger partial charge in [-0.25, -0.2) is 4.79 Å². The molecule has 0 saturated carbocycles. The van der Waals surface area contributed by atoms with Crippen LogP contribution in [0.3, 0.4) is 0 Å². The van der Waals surface area contributed by atoms with Crippen LogP contribution in [0.15, 0.2) is 62.9 Å². The zero-order valence-corrected chi connectivity index (χ0v) is 16.4. The Morgan fingerprint density at radius 2 is 1.89 bits per heavy atom. The highest BCUT2D eigenvalue weighted by Gasteiger charge is 2.14. The van der Waals surface area contributed by atoms with E-state index in [9.17, 15) is 9.90 Å². The molecule has 0 amide bonds. The van der Waals surface area contributed by atoms with Crippen molar-refractivity contribution < 1.29 is 9.52 Å². The van der Waals surface area contributed by atoms with Crippen molar-refractivity contribution in [1.82, 2.24) is 14.8 Å². The molecule has 4 aromatic rings. The second kappa shape index (κ2) is 7.52. The highest BCUT2D eigenvalue weighted by atomic mass is 32.2. The van der Waals surface area contributed by atoms with Crippen LogP contribution in [0.2, 0.25) is 0 Å². The lowest BCUT2D eigenvalue weighted by molar-refractivity contribution is 0.466. The SMILES string of the molecule is CCc1cc2c(CSc3nnc(-c4ccccc4)n3C)cc(=O)oc2cc1O. The predicted octanol–water partition coefficient (Wildman–Crippen LogP) is 4.15. The van der Waals surface area contributed by atoms with Gasteiger partial charge in [-0.1, -0.05) is 49.0 Å². The van der Waals surface area contributed by atoms with E-state index in [-0.39, 0.29) is 5.75 Å². The standard InChI is InChI=1S/C21H19N3O3S/c1-3-13-9-16-15(10-19(26)27-18(16)11-17(13)25)12-28-21-23-22-20(24(21)2)14-7-5-4-6-8-14/h4-11,25H,3,12H2,1-2H3. The maximum atomic E-state index is 11.9. The van der Waals surface area contributed by atoms with Crippen molar-refractivity contribution >= 4 is 22.7 Å². The van der Waals surface area contributed by atoms with Gasteiger partial charge in [0.05, 0.1) is 0 Å². The van der Waals surface area contributed by atoms with Crippen LogP contribution in [0.1, 0.15) is 18.1 Å². The molecule has 0 fully saturated rings. The molecule has 2 heterocycles. The number of phenols is 1. The van der Waals surface area contributed by atoms with Crippen LogP contribution >= 0.6 is 11.8 Å². The minimum atomic E-state index is -0.435. The smallest absolute Gasteiger partial charge is 0.336 e. The molecular formula is C21H19N3O3S. The quantitative estimate of drug-likeness (QED) is 0.405. The van der Waals surface area contributed by atoms with Gasteiger partial charge >= 0.3 is 5.63 Å². The third-order valence-electron chi connectivity index (χ3n) is 4.63. The van der Waals surface area contributed by atoms with Crippen LogP contribution in [-0.4, -0.2) is 19.9 Å². The summed E-state index contributed by atoms with van der Waals surface area (Å²) in [5, 5.41) is 20.2. The van der Waals surface area contributed by atoms with Crippen molar-refractivity contribution in [3.63, 3.8) is 0 Å². The molecule has 0 aliphatic heterocycles. The fourth-order valence-electron chi connectivity index (χ4n) is 3.13. The number of hydrogen-bond donors (Lipinski definition) is 1. The number of fused-ring (bicyclic) bond motifs is 1. The molecule has 2 aromatic heterocycles. The van der Waals surface area contributed by atoms with E-state index in [2.05, 4.69) is 10.2 Å². The van der Waals surface area contributed by atoms with Gasteiger partial charge in [0.1, 0.15) is 11.3 Å². The molecule has 4 rings (SSSR count). The summed E-state index contributed by atoms with van der Waals surface area (Å²) in [7, 11) is 1.93. The molecule has 142 valence electrons. The largest absolute Gasteiger partial charge is 0.508 e. The first-order valence-electron chi connectivity index (χ1n) is 8.93. The molecule has 0 unspecified atom stereocenters. The van der Waals surface area contributed by atoms with E-state index < -0.39 is 5.63 Å². The van der Waals surface area contributed by atoms with Gasteiger partial charge in [-0.15, -0.1) is 10.2 Å². The Hall–Kier alpha value is -3.06. The van der Waals surface area contributed by atoms with Gasteiger partial charge in [0.15, 0.2) is 11.0 Å². The maximum Gasteiger partial charge on any atom is 0.336 e. The molecule has 2 aromatic carbocycles. The van der Waals surface area contributed by atoms with Gasteiger partial charge in [-0.05, 0) is 23.6 Å². The summed E-state index contributed by atoms with van der Waals surface area (Å²) < 4.78 is 7.20. The zero-order chi connectivity index (χ0) is 19.7. The summed E-state index contributed by atoms with van der Waals surface area (Å²) in [5.41, 5.74) is 2.61. The maximum absolute atomic E-state index is 11.9. The van der Waals surface area contributed by atoms with Gasteiger partial charge in [-0.3, -0.25) is 0 Å². The molecule has 0 saturated heterocycles. The highest BCUT2D eigenvalue weighted by molar-refractivity contribution is 7.98. The predicted molar refractivity (Wildman–Crippen MR) is 110 cm³/mol. The fourth-order valence-corrected chi connectivity index (χ4v) is 4.03. The molecule has 0 aliphatic rings. The van der Waals surface area contributed by atoms with Gasteiger partial charge in [0.25, 0.3) is 0 Å². The van der Waals surface area contributed by atoms with Crippen molar-refractivity contribution in [1.29, 1.82) is 0 Å². The van der Waals surface area contributed by atoms with Crippen LogP contribution in [0.5, 0.6) is 5.75 Å². The molecule has 0 spiro atoms. The number of aromatic nitrogens is 3. The molecule has 28 heavy (non-hydrogen) atoms. The normalized spacial score (nSPS) is 11.2. The summed E-state index contributed by atoms with van der Waals surface area (Å²) in [6.45, 7) is 1.97. The topological polar surface area (TPSA) is 81.2 Å². The third kappa shape index (κ3) is 3.41. The van der Waals surface area contributed by atoms with E-state index in [4.69, 9.17) is 4.42 Å². The van der Waals surface area contributed by atoms with Crippen molar-refractivity contribution in [2.75, 3.05) is 0 Å². The number of phenolic OH excluding ortho intramolecular Hbond substituents is 1. The number of hydrogen-bond acceptors (Lipinski definition) is 6. The zero-order valence-electron chi connectivity index (χ0n) is 15.5. The number of rotatable bonds is 5. The van der Waals surface area contributed by atoms with Crippen LogP contribution in [0, 0.1) is 0 Å². The molecule has 0 atom stereocenters. The van der Waals surface area contributed by atoms with E-state index in [1.807, 2.05) is 54.9 Å². The Morgan fingerprint density at radius 1 is 1.11 bits per heavy atom. The summed E-state index contributed by atoms with van der Waals surface area (Å²) in [5.74, 6) is 1.47. The number of aryl methyl sites for hydroxylation is 1. The lowest BCUT2D eigenvalue weighted by Crippen LogP contribution is -2.01. The Morgan fingerprint density at radius 3 is 2.64 bits per heavy atom. The van der Waals surface area contributed by atoms with Crippen LogP contribution < -0.4 is 5.63 Å². The molecule has 1 N–H and O–H groups in total. The minimum Gasteiger partial charge on any atom is -0.508 e. The summed E-state index contributed by atoms with van der Waals surface area (Å²) in [6, 6.07) is 14.8. The summed E-state index contributed by atoms with van der Waals surface area (Å²) in [6.07, 6.45) is 0.692. The Balaban J connectivity index is 1.66. The van der Waals surface area contributed by atoms with Crippen LogP contribution in [0.25, 0.3) is 22.4 Å². The second-order valence-electron chi connectivity index (χ2n) is 6.44. The Bertz CT molecular complexity index is 1200. The molecular weight excluding hydrogens is 374 g/mol. The third-order valence-corrected chi connectivity index (χ3v) is 5.70. The first-order chi connectivity index (χ1) is 13.6. The van der Waals surface area contributed by atoms with E-state index in [1.165, 1.54) is 23.9 Å². The number of thioether (sulfide) groups is 1. The summed E-state index contributed by atoms with van der Waals surface area (Å²) >= 11 is 1.50. The fraction of sp³-hybridized carbons (Fsp3) is 0.190. The number of benzene rings is 2. The highest BCUT2D eigenvalue weighted by Crippen LogP contribution is 2.31. The molecule has 6 nitrogen and oxygen atoms in total. The average molecular weight is 393 g/mol. The first-order valence-corrected chi connectivity index (χ1v) is 9.91. The monoisotopic (exact) mass is 393 g/mol. The van der Waals surface area contributed by atoms with Crippen molar-refractivity contribution in [2.45, 2.75) is 24.3 Å². The van der Waals surface area contributed by atoms with Crippen LogP contribution in [0.4, 0.5) is 0 Å². The first kappa shape index (κ1) is 18.3. The van der Waals surface area contributed by atoms with Crippen molar-refractivity contribution in [3.8, 4) is 17.1 Å². The van der Waals surface area contributed by atoms with E-state index in [1.54, 1.807) is 0 Å². The molecule has 0 radical (unpaired) electrons. The lowest BCUT2D eigenvalue weighted by atomic mass is 10.1. The Labute approximate surface area is 165 Å². The Kier molecular flexibility index (Phi) is 4.92. The van der Waals surface area contributed by atoms with Gasteiger partial charge in [-0.2, -0.15) is 0 Å². The van der Waals surface area contributed by atoms with Gasteiger partial charge < -0.3 is 14.1 Å². The molecule has 0 aliphatic carbocycles. The van der Waals surface area contributed by atoms with Crippen molar-refractivity contribution in [3.05, 3.63) is 70.1 Å². The molecule has 0 bridgehead atoms. The van der Waals surface area contributed by atoms with Gasteiger partial charge in [0, 0.05) is 35.9 Å². The van der Waals surface area contributed by atoms with E-state index in [0.717, 1.165) is 33.1 Å². The second-order valence-corrected chi connectivity index (χ2v) is 7.38. The van der Waals surface area contributed by atoms with E-state index >= 15 is 0 Å². The average Bonchev–Trinajstić information content (AvgIpc) is 3.06. The van der Waals surface area contributed by atoms with Crippen LogP contribution in [-0.2, 0) is 19.2 Å². The summed E-state index contributed by atoms with van der Waals surface area (Å²) in [4.78, 5) is 11.9.